The minimum absolute atomic E-state index is 0.198. The zero-order chi connectivity index (χ0) is 13.5. The highest BCUT2D eigenvalue weighted by Gasteiger charge is 2.29. The summed E-state index contributed by atoms with van der Waals surface area (Å²) in [5.74, 6) is -0.00218. The van der Waals surface area contributed by atoms with E-state index in [1.807, 2.05) is 13.8 Å². The Bertz CT molecular complexity index is 366. The van der Waals surface area contributed by atoms with E-state index in [9.17, 15) is 14.4 Å². The fraction of sp³-hybridized carbons (Fsp3) is 0.545. The monoisotopic (exact) mass is 271 g/mol. The standard InChI is InChI=1S/C11H17N3O3S/c1-3-8(2)6-13-10(16)12-4-5-14-9(15)7-18-11(14)17/h6H,3-5,7H2,1-2H3,(H2,12,13,16)/b8-6+. The Morgan fingerprint density at radius 1 is 1.50 bits per heavy atom. The molecule has 0 atom stereocenters. The number of hydrogen-bond acceptors (Lipinski definition) is 4. The molecule has 7 heteroatoms. The Hall–Kier alpha value is -1.50. The van der Waals surface area contributed by atoms with E-state index >= 15 is 0 Å². The molecular formula is C11H17N3O3S. The third-order valence-electron chi connectivity index (χ3n) is 2.47. The van der Waals surface area contributed by atoms with Crippen molar-refractivity contribution in [2.45, 2.75) is 20.3 Å². The molecule has 0 bridgehead atoms. The molecule has 0 aromatic rings. The predicted molar refractivity (Wildman–Crippen MR) is 70.1 cm³/mol. The van der Waals surface area contributed by atoms with E-state index in [1.54, 1.807) is 6.20 Å². The highest BCUT2D eigenvalue weighted by atomic mass is 32.2. The van der Waals surface area contributed by atoms with Crippen LogP contribution in [0.25, 0.3) is 0 Å². The normalized spacial score (nSPS) is 16.1. The van der Waals surface area contributed by atoms with Crippen molar-refractivity contribution in [3.63, 3.8) is 0 Å². The first-order valence-corrected chi connectivity index (χ1v) is 6.70. The number of rotatable bonds is 5. The summed E-state index contributed by atoms with van der Waals surface area (Å²) >= 11 is 0.989. The third kappa shape index (κ3) is 4.40. The Morgan fingerprint density at radius 2 is 2.22 bits per heavy atom. The van der Waals surface area contributed by atoms with Crippen LogP contribution >= 0.6 is 11.8 Å². The van der Waals surface area contributed by atoms with Gasteiger partial charge in [-0.3, -0.25) is 14.5 Å². The average molecular weight is 271 g/mol. The van der Waals surface area contributed by atoms with E-state index in [0.717, 1.165) is 28.7 Å². The Balaban J connectivity index is 2.23. The van der Waals surface area contributed by atoms with Crippen LogP contribution < -0.4 is 10.6 Å². The molecule has 1 saturated heterocycles. The third-order valence-corrected chi connectivity index (χ3v) is 3.33. The van der Waals surface area contributed by atoms with Crippen LogP contribution in [0, 0.1) is 0 Å². The van der Waals surface area contributed by atoms with Crippen LogP contribution in [-0.2, 0) is 4.79 Å². The van der Waals surface area contributed by atoms with E-state index in [-0.39, 0.29) is 36.0 Å². The van der Waals surface area contributed by atoms with Crippen LogP contribution in [0.5, 0.6) is 0 Å². The molecule has 1 aliphatic heterocycles. The zero-order valence-corrected chi connectivity index (χ0v) is 11.3. The molecule has 0 saturated carbocycles. The van der Waals surface area contributed by atoms with Gasteiger partial charge in [0.05, 0.1) is 5.75 Å². The number of hydrogen-bond donors (Lipinski definition) is 2. The van der Waals surface area contributed by atoms with Crippen LogP contribution in [0.15, 0.2) is 11.8 Å². The molecule has 0 aliphatic carbocycles. The second-order valence-corrected chi connectivity index (χ2v) is 4.77. The van der Waals surface area contributed by atoms with Gasteiger partial charge in [0.25, 0.3) is 5.24 Å². The first kappa shape index (κ1) is 14.6. The summed E-state index contributed by atoms with van der Waals surface area (Å²) in [6.45, 7) is 4.38. The molecule has 0 aromatic heterocycles. The van der Waals surface area contributed by atoms with Crippen LogP contribution in [0.2, 0.25) is 0 Å². The average Bonchev–Trinajstić information content (AvgIpc) is 2.67. The first-order chi connectivity index (χ1) is 8.54. The van der Waals surface area contributed by atoms with Gasteiger partial charge in [-0.15, -0.1) is 0 Å². The van der Waals surface area contributed by atoms with Gasteiger partial charge in [-0.05, 0) is 13.3 Å². The van der Waals surface area contributed by atoms with Gasteiger partial charge in [0, 0.05) is 19.3 Å². The summed E-state index contributed by atoms with van der Waals surface area (Å²) in [6.07, 6.45) is 2.51. The molecular weight excluding hydrogens is 254 g/mol. The largest absolute Gasteiger partial charge is 0.336 e. The van der Waals surface area contributed by atoms with E-state index in [4.69, 9.17) is 0 Å². The van der Waals surface area contributed by atoms with Crippen molar-refractivity contribution in [3.05, 3.63) is 11.8 Å². The lowest BCUT2D eigenvalue weighted by atomic mass is 10.3. The molecule has 6 nitrogen and oxygen atoms in total. The van der Waals surface area contributed by atoms with E-state index in [2.05, 4.69) is 10.6 Å². The highest BCUT2D eigenvalue weighted by Crippen LogP contribution is 2.17. The highest BCUT2D eigenvalue weighted by molar-refractivity contribution is 8.14. The number of allylic oxidation sites excluding steroid dienone is 1. The smallest absolute Gasteiger partial charge is 0.318 e. The number of carbonyl (C=O) groups excluding carboxylic acids is 3. The topological polar surface area (TPSA) is 78.5 Å². The van der Waals surface area contributed by atoms with Crippen molar-refractivity contribution in [3.8, 4) is 0 Å². The van der Waals surface area contributed by atoms with Crippen molar-refractivity contribution >= 4 is 28.9 Å². The zero-order valence-electron chi connectivity index (χ0n) is 10.5. The minimum Gasteiger partial charge on any atom is -0.336 e. The maximum Gasteiger partial charge on any atom is 0.318 e. The first-order valence-electron chi connectivity index (χ1n) is 5.71. The lowest BCUT2D eigenvalue weighted by molar-refractivity contribution is -0.124. The summed E-state index contributed by atoms with van der Waals surface area (Å²) in [5.41, 5.74) is 1.06. The van der Waals surface area contributed by atoms with E-state index in [1.165, 1.54) is 0 Å². The maximum atomic E-state index is 11.3. The molecule has 1 fully saturated rings. The number of carbonyl (C=O) groups is 3. The fourth-order valence-electron chi connectivity index (χ4n) is 1.22. The second-order valence-electron chi connectivity index (χ2n) is 3.84. The fourth-order valence-corrected chi connectivity index (χ4v) is 1.97. The number of urea groups is 1. The van der Waals surface area contributed by atoms with Gasteiger partial charge in [0.2, 0.25) is 5.91 Å². The minimum atomic E-state index is -0.338. The number of thioether (sulfide) groups is 1. The predicted octanol–water partition coefficient (Wildman–Crippen LogP) is 1.29. The van der Waals surface area contributed by atoms with Gasteiger partial charge in [-0.2, -0.15) is 0 Å². The lowest BCUT2D eigenvalue weighted by Crippen LogP contribution is -2.40. The summed E-state index contributed by atoms with van der Waals surface area (Å²) in [4.78, 5) is 35.0. The summed E-state index contributed by atoms with van der Waals surface area (Å²) in [7, 11) is 0. The molecule has 0 aromatic carbocycles. The van der Waals surface area contributed by atoms with Crippen molar-refractivity contribution in [1.29, 1.82) is 0 Å². The summed E-state index contributed by atoms with van der Waals surface area (Å²) in [6, 6.07) is -0.338. The lowest BCUT2D eigenvalue weighted by Gasteiger charge is -2.12. The number of nitrogens with one attached hydrogen (secondary N) is 2. The molecule has 0 unspecified atom stereocenters. The Kier molecular flexibility index (Phi) is 5.70. The molecule has 100 valence electrons. The molecule has 0 radical (unpaired) electrons. The van der Waals surface area contributed by atoms with E-state index < -0.39 is 0 Å². The number of amides is 4. The summed E-state index contributed by atoms with van der Waals surface area (Å²) in [5, 5.41) is 4.91. The second kappa shape index (κ2) is 7.05. The van der Waals surface area contributed by atoms with Crippen LogP contribution in [0.4, 0.5) is 9.59 Å². The van der Waals surface area contributed by atoms with Crippen molar-refractivity contribution in [2.75, 3.05) is 18.8 Å². The van der Waals surface area contributed by atoms with Gasteiger partial charge in [0.15, 0.2) is 0 Å². The molecule has 1 rings (SSSR count). The summed E-state index contributed by atoms with van der Waals surface area (Å²) < 4.78 is 0. The number of imide groups is 1. The van der Waals surface area contributed by atoms with Crippen LogP contribution in [-0.4, -0.2) is 40.9 Å². The Morgan fingerprint density at radius 3 is 2.78 bits per heavy atom. The van der Waals surface area contributed by atoms with Crippen molar-refractivity contribution < 1.29 is 14.4 Å². The molecule has 1 heterocycles. The van der Waals surface area contributed by atoms with Gasteiger partial charge in [-0.1, -0.05) is 24.3 Å². The molecule has 1 aliphatic rings. The van der Waals surface area contributed by atoms with Crippen molar-refractivity contribution in [2.24, 2.45) is 0 Å². The molecule has 2 N–H and O–H groups in total. The van der Waals surface area contributed by atoms with Crippen LogP contribution in [0.1, 0.15) is 20.3 Å². The van der Waals surface area contributed by atoms with Crippen molar-refractivity contribution in [1.82, 2.24) is 15.5 Å². The molecule has 4 amide bonds. The van der Waals surface area contributed by atoms with Gasteiger partial charge in [0.1, 0.15) is 0 Å². The van der Waals surface area contributed by atoms with Crippen LogP contribution in [0.3, 0.4) is 0 Å². The van der Waals surface area contributed by atoms with Gasteiger partial charge in [-0.25, -0.2) is 4.79 Å². The molecule has 18 heavy (non-hydrogen) atoms. The SMILES string of the molecule is CC/C(C)=C/NC(=O)NCCN1C(=O)CSC1=O. The Labute approximate surface area is 110 Å². The van der Waals surface area contributed by atoms with E-state index in [0.29, 0.717) is 0 Å². The van der Waals surface area contributed by atoms with Gasteiger partial charge >= 0.3 is 6.03 Å². The maximum absolute atomic E-state index is 11.3. The van der Waals surface area contributed by atoms with Gasteiger partial charge < -0.3 is 10.6 Å². The molecule has 0 spiro atoms. The number of nitrogens with zero attached hydrogens (tertiary/aromatic N) is 1. The quantitative estimate of drug-likeness (QED) is 0.790.